The van der Waals surface area contributed by atoms with E-state index in [1.165, 1.54) is 25.4 Å². The van der Waals surface area contributed by atoms with Gasteiger partial charge in [-0.2, -0.15) is 0 Å². The molecule has 21 heavy (non-hydrogen) atoms. The number of hydrogen-bond acceptors (Lipinski definition) is 5. The molecule has 0 spiro atoms. The Kier molecular flexibility index (Phi) is 5.37. The Morgan fingerprint density at radius 2 is 2.10 bits per heavy atom. The van der Waals surface area contributed by atoms with Gasteiger partial charge in [0.1, 0.15) is 5.69 Å². The maximum absolute atomic E-state index is 12.1. The molecule has 0 aliphatic carbocycles. The van der Waals surface area contributed by atoms with Gasteiger partial charge < -0.3 is 20.9 Å². The molecule has 0 aliphatic rings. The van der Waals surface area contributed by atoms with Crippen LogP contribution in [0.5, 0.6) is 0 Å². The van der Waals surface area contributed by atoms with Crippen molar-refractivity contribution in [3.63, 3.8) is 0 Å². The molecule has 8 nitrogen and oxygen atoms in total. The summed E-state index contributed by atoms with van der Waals surface area (Å²) in [5, 5.41) is 11.4. The molecule has 2 amide bonds. The summed E-state index contributed by atoms with van der Waals surface area (Å²) in [7, 11) is 1.41. The van der Waals surface area contributed by atoms with E-state index >= 15 is 0 Å². The highest BCUT2D eigenvalue weighted by atomic mass is 16.5. The van der Waals surface area contributed by atoms with Gasteiger partial charge >= 0.3 is 5.97 Å². The molecule has 0 fully saturated rings. The third-order valence-electron chi connectivity index (χ3n) is 2.70. The third-order valence-corrected chi connectivity index (χ3v) is 2.70. The number of carboxylic acid groups (broad SMARTS) is 1. The summed E-state index contributed by atoms with van der Waals surface area (Å²) in [4.78, 5) is 37.7. The molecule has 1 aromatic heterocycles. The number of methoxy groups -OCH3 is 1. The molecule has 114 valence electrons. The molecule has 0 aliphatic heterocycles. The van der Waals surface area contributed by atoms with E-state index < -0.39 is 23.3 Å². The molecular formula is C13H17N3O5. The van der Waals surface area contributed by atoms with Gasteiger partial charge in [0.15, 0.2) is 0 Å². The van der Waals surface area contributed by atoms with Crippen molar-refractivity contribution in [1.29, 1.82) is 0 Å². The zero-order valence-electron chi connectivity index (χ0n) is 11.8. The van der Waals surface area contributed by atoms with Crippen molar-refractivity contribution in [2.45, 2.75) is 18.9 Å². The normalized spacial score (nSPS) is 13.2. The van der Waals surface area contributed by atoms with Crippen molar-refractivity contribution in [2.24, 2.45) is 5.73 Å². The van der Waals surface area contributed by atoms with E-state index in [1.54, 1.807) is 6.92 Å². The van der Waals surface area contributed by atoms with Crippen LogP contribution in [0.4, 0.5) is 0 Å². The van der Waals surface area contributed by atoms with Crippen molar-refractivity contribution in [3.05, 3.63) is 29.6 Å². The van der Waals surface area contributed by atoms with E-state index in [0.29, 0.717) is 0 Å². The van der Waals surface area contributed by atoms with Gasteiger partial charge in [-0.15, -0.1) is 0 Å². The van der Waals surface area contributed by atoms with Crippen LogP contribution in [0.3, 0.4) is 0 Å². The number of carboxylic acids is 1. The molecule has 1 aromatic rings. The molecule has 8 heteroatoms. The highest BCUT2D eigenvalue weighted by Crippen LogP contribution is 2.12. The number of ether oxygens (including phenoxy) is 1. The number of hydrogen-bond donors (Lipinski definition) is 3. The van der Waals surface area contributed by atoms with Crippen LogP contribution in [0, 0.1) is 0 Å². The third kappa shape index (κ3) is 4.84. The van der Waals surface area contributed by atoms with Gasteiger partial charge in [0.25, 0.3) is 5.91 Å². The van der Waals surface area contributed by atoms with Crippen LogP contribution in [0.1, 0.15) is 34.2 Å². The molecular weight excluding hydrogens is 278 g/mol. The predicted molar refractivity (Wildman–Crippen MR) is 72.8 cm³/mol. The second kappa shape index (κ2) is 6.80. The van der Waals surface area contributed by atoms with E-state index in [9.17, 15) is 14.4 Å². The topological polar surface area (TPSA) is 132 Å². The summed E-state index contributed by atoms with van der Waals surface area (Å²) in [6, 6.07) is 2.71. The molecule has 0 radical (unpaired) electrons. The van der Waals surface area contributed by atoms with Crippen LogP contribution in [-0.4, -0.2) is 47.1 Å². The van der Waals surface area contributed by atoms with Gasteiger partial charge in [0.2, 0.25) is 5.91 Å². The highest BCUT2D eigenvalue weighted by Gasteiger charge is 2.30. The lowest BCUT2D eigenvalue weighted by Gasteiger charge is -2.28. The van der Waals surface area contributed by atoms with E-state index in [4.69, 9.17) is 15.6 Å². The summed E-state index contributed by atoms with van der Waals surface area (Å²) in [5.41, 5.74) is 4.23. The number of pyridine rings is 1. The Morgan fingerprint density at radius 1 is 1.43 bits per heavy atom. The molecule has 1 heterocycles. The van der Waals surface area contributed by atoms with Crippen LogP contribution in [0.25, 0.3) is 0 Å². The van der Waals surface area contributed by atoms with Gasteiger partial charge in [0, 0.05) is 13.3 Å². The van der Waals surface area contributed by atoms with E-state index in [0.717, 1.165) is 0 Å². The number of nitrogens with zero attached hydrogens (tertiary/aromatic N) is 1. The van der Waals surface area contributed by atoms with E-state index in [-0.39, 0.29) is 24.3 Å². The van der Waals surface area contributed by atoms with Crippen LogP contribution < -0.4 is 11.1 Å². The Balaban J connectivity index is 2.86. The number of nitrogens with one attached hydrogen (secondary N) is 1. The van der Waals surface area contributed by atoms with Crippen molar-refractivity contribution in [3.8, 4) is 0 Å². The Hall–Kier alpha value is -2.48. The van der Waals surface area contributed by atoms with Crippen LogP contribution in [0.2, 0.25) is 0 Å². The van der Waals surface area contributed by atoms with Gasteiger partial charge in [-0.3, -0.25) is 19.4 Å². The molecule has 4 N–H and O–H groups in total. The Morgan fingerprint density at radius 3 is 2.52 bits per heavy atom. The van der Waals surface area contributed by atoms with Crippen LogP contribution >= 0.6 is 0 Å². The van der Waals surface area contributed by atoms with Crippen molar-refractivity contribution < 1.29 is 24.2 Å². The molecule has 0 bridgehead atoms. The lowest BCUT2D eigenvalue weighted by molar-refractivity contribution is -0.139. The largest absolute Gasteiger partial charge is 0.481 e. The number of nitrogens with two attached hydrogens (primary N) is 1. The average molecular weight is 295 g/mol. The summed E-state index contributed by atoms with van der Waals surface area (Å²) in [5.74, 6) is -2.27. The minimum absolute atomic E-state index is 0.0322. The van der Waals surface area contributed by atoms with Crippen LogP contribution in [-0.2, 0) is 9.53 Å². The van der Waals surface area contributed by atoms with Crippen molar-refractivity contribution in [1.82, 2.24) is 10.3 Å². The first-order valence-electron chi connectivity index (χ1n) is 6.06. The lowest BCUT2D eigenvalue weighted by atomic mass is 9.98. The number of amides is 2. The zero-order chi connectivity index (χ0) is 16.0. The fourth-order valence-corrected chi connectivity index (χ4v) is 1.80. The van der Waals surface area contributed by atoms with Gasteiger partial charge in [-0.1, -0.05) is 0 Å². The first kappa shape index (κ1) is 16.6. The molecule has 1 unspecified atom stereocenters. The summed E-state index contributed by atoms with van der Waals surface area (Å²) in [6.45, 7) is 1.59. The SMILES string of the molecule is COCC(C)(CC(=O)O)NC(=O)c1ccc(C(N)=O)cn1. The number of aliphatic carboxylic acids is 1. The maximum Gasteiger partial charge on any atom is 0.305 e. The second-order valence-electron chi connectivity index (χ2n) is 4.81. The molecule has 1 atom stereocenters. The van der Waals surface area contributed by atoms with E-state index in [1.807, 2.05) is 0 Å². The summed E-state index contributed by atoms with van der Waals surface area (Å²) >= 11 is 0. The first-order chi connectivity index (χ1) is 9.77. The monoisotopic (exact) mass is 295 g/mol. The van der Waals surface area contributed by atoms with Gasteiger partial charge in [0.05, 0.1) is 24.1 Å². The van der Waals surface area contributed by atoms with Crippen LogP contribution in [0.15, 0.2) is 18.3 Å². The quantitative estimate of drug-likeness (QED) is 0.637. The first-order valence-corrected chi connectivity index (χ1v) is 6.06. The number of carbonyl (C=O) groups excluding carboxylic acids is 2. The fourth-order valence-electron chi connectivity index (χ4n) is 1.80. The predicted octanol–water partition coefficient (Wildman–Crippen LogP) is -0.210. The number of carbonyl (C=O) groups is 3. The Labute approximate surface area is 121 Å². The summed E-state index contributed by atoms with van der Waals surface area (Å²) < 4.78 is 4.94. The molecule has 0 aromatic carbocycles. The second-order valence-corrected chi connectivity index (χ2v) is 4.81. The number of primary amides is 1. The zero-order valence-corrected chi connectivity index (χ0v) is 11.8. The molecule has 1 rings (SSSR count). The smallest absolute Gasteiger partial charge is 0.305 e. The summed E-state index contributed by atoms with van der Waals surface area (Å²) in [6.07, 6.45) is 0.883. The number of rotatable bonds is 7. The van der Waals surface area contributed by atoms with Gasteiger partial charge in [-0.05, 0) is 19.1 Å². The Bertz CT molecular complexity index is 543. The average Bonchev–Trinajstić information content (AvgIpc) is 2.37. The highest BCUT2D eigenvalue weighted by molar-refractivity contribution is 5.95. The minimum Gasteiger partial charge on any atom is -0.481 e. The van der Waals surface area contributed by atoms with Crippen molar-refractivity contribution >= 4 is 17.8 Å². The standard InChI is InChI=1S/C13H17N3O5/c1-13(7-21-2,5-10(17)18)16-12(20)9-4-3-8(6-15-9)11(14)19/h3-4,6H,5,7H2,1-2H3,(H2,14,19)(H,16,20)(H,17,18). The lowest BCUT2D eigenvalue weighted by Crippen LogP contribution is -2.51. The maximum atomic E-state index is 12.1. The fraction of sp³-hybridized carbons (Fsp3) is 0.385. The molecule has 0 saturated carbocycles. The van der Waals surface area contributed by atoms with Gasteiger partial charge in [-0.25, -0.2) is 0 Å². The minimum atomic E-state index is -1.07. The number of aromatic nitrogens is 1. The van der Waals surface area contributed by atoms with E-state index in [2.05, 4.69) is 10.3 Å². The molecule has 0 saturated heterocycles. The van der Waals surface area contributed by atoms with Crippen molar-refractivity contribution in [2.75, 3.05) is 13.7 Å².